The third kappa shape index (κ3) is 7.26. The van der Waals surface area contributed by atoms with E-state index < -0.39 is 4.75 Å². The molecule has 0 bridgehead atoms. The predicted molar refractivity (Wildman–Crippen MR) is 68.7 cm³/mol. The molecule has 0 aliphatic rings. The van der Waals surface area contributed by atoms with Gasteiger partial charge in [-0.15, -0.1) is 6.58 Å². The van der Waals surface area contributed by atoms with Crippen molar-refractivity contribution in [3.63, 3.8) is 0 Å². The molecular weight excluding hydrogens is 259 g/mol. The molecule has 0 aromatic rings. The van der Waals surface area contributed by atoms with Gasteiger partial charge in [-0.05, 0) is 13.8 Å². The van der Waals surface area contributed by atoms with Crippen molar-refractivity contribution in [2.75, 3.05) is 19.0 Å². The van der Waals surface area contributed by atoms with Gasteiger partial charge in [-0.1, -0.05) is 17.5 Å². The highest BCUT2D eigenvalue weighted by Crippen LogP contribution is 2.78. The Morgan fingerprint density at radius 2 is 1.79 bits per heavy atom. The van der Waals surface area contributed by atoms with Crippen LogP contribution in [0.4, 0.5) is 0 Å². The first kappa shape index (κ1) is 14.9. The van der Waals surface area contributed by atoms with Crippen molar-refractivity contribution in [1.82, 2.24) is 0 Å². The Morgan fingerprint density at radius 3 is 2.14 bits per heavy atom. The highest BCUT2D eigenvalue weighted by molar-refractivity contribution is 9.13. The smallest absolute Gasteiger partial charge is 0.295 e. The maximum Gasteiger partial charge on any atom is 0.295 e. The molecule has 0 saturated carbocycles. The van der Waals surface area contributed by atoms with Gasteiger partial charge in [0.2, 0.25) is 0 Å². The third-order valence-corrected chi connectivity index (χ3v) is 9.83. The van der Waals surface area contributed by atoms with Crippen molar-refractivity contribution >= 4 is 39.5 Å². The van der Waals surface area contributed by atoms with E-state index in [1.165, 1.54) is 11.4 Å². The van der Waals surface area contributed by atoms with E-state index in [1.54, 1.807) is 6.08 Å². The molecule has 0 atom stereocenters. The van der Waals surface area contributed by atoms with Gasteiger partial charge in [0.1, 0.15) is 0 Å². The lowest BCUT2D eigenvalue weighted by Gasteiger charge is -2.12. The van der Waals surface area contributed by atoms with Crippen LogP contribution in [0.15, 0.2) is 12.7 Å². The summed E-state index contributed by atoms with van der Waals surface area (Å²) in [5.74, 6) is 0.636. The van der Waals surface area contributed by atoms with Crippen molar-refractivity contribution in [1.29, 1.82) is 0 Å². The Morgan fingerprint density at radius 1 is 1.29 bits per heavy atom. The molecule has 14 heavy (non-hydrogen) atoms. The molecule has 0 N–H and O–H groups in total. The summed E-state index contributed by atoms with van der Waals surface area (Å²) < 4.78 is 19.7. The Labute approximate surface area is 97.8 Å². The van der Waals surface area contributed by atoms with E-state index in [-0.39, 0.29) is 0 Å². The average molecular weight is 274 g/mol. The van der Waals surface area contributed by atoms with E-state index in [4.69, 9.17) is 8.37 Å². The van der Waals surface area contributed by atoms with E-state index in [0.717, 1.165) is 23.3 Å². The largest absolute Gasteiger partial charge is 0.307 e. The molecule has 0 heterocycles. The molecule has 0 amide bonds. The van der Waals surface area contributed by atoms with E-state index in [1.807, 2.05) is 13.8 Å². The van der Waals surface area contributed by atoms with Crippen LogP contribution in [0.5, 0.6) is 0 Å². The van der Waals surface area contributed by atoms with Gasteiger partial charge in [0.05, 0.1) is 36.5 Å². The SMILES string of the molecule is C=CCSP(=O)(SOCC)SOCC. The van der Waals surface area contributed by atoms with Gasteiger partial charge in [-0.25, -0.2) is 0 Å². The normalized spacial score (nSPS) is 11.6. The average Bonchev–Trinajstić information content (AvgIpc) is 2.21. The summed E-state index contributed by atoms with van der Waals surface area (Å²) in [5, 5.41) is 0. The first-order valence-electron chi connectivity index (χ1n) is 4.16. The quantitative estimate of drug-likeness (QED) is 0.352. The monoisotopic (exact) mass is 274 g/mol. The second kappa shape index (κ2) is 9.19. The van der Waals surface area contributed by atoms with Gasteiger partial charge >= 0.3 is 0 Å². The van der Waals surface area contributed by atoms with Gasteiger partial charge in [0.15, 0.2) is 0 Å². The second-order valence-corrected chi connectivity index (χ2v) is 12.6. The molecule has 0 radical (unpaired) electrons. The first-order valence-corrected chi connectivity index (χ1v) is 10.2. The van der Waals surface area contributed by atoms with Crippen molar-refractivity contribution in [2.24, 2.45) is 0 Å². The lowest BCUT2D eigenvalue weighted by molar-refractivity contribution is 0.404. The van der Waals surface area contributed by atoms with Gasteiger partial charge < -0.3 is 8.37 Å². The second-order valence-electron chi connectivity index (χ2n) is 1.99. The highest BCUT2D eigenvalue weighted by Gasteiger charge is 2.26. The number of rotatable bonds is 9. The Balaban J connectivity index is 4.03. The molecule has 0 aliphatic carbocycles. The predicted octanol–water partition coefficient (Wildman–Crippen LogP) is 4.38. The Bertz CT molecular complexity index is 189. The molecule has 0 saturated heterocycles. The summed E-state index contributed by atoms with van der Waals surface area (Å²) >= 11 is 3.34. The number of hydrogen-bond acceptors (Lipinski definition) is 6. The van der Waals surface area contributed by atoms with Crippen molar-refractivity contribution in [3.05, 3.63) is 12.7 Å². The molecular formula is C7H15O3PS3. The van der Waals surface area contributed by atoms with Crippen LogP contribution >= 0.6 is 39.5 Å². The summed E-state index contributed by atoms with van der Waals surface area (Å²) in [4.78, 5) is 0. The highest BCUT2D eigenvalue weighted by atomic mass is 33.4. The molecule has 7 heteroatoms. The molecule has 0 rings (SSSR count). The summed E-state index contributed by atoms with van der Waals surface area (Å²) in [6, 6.07) is 0. The van der Waals surface area contributed by atoms with Gasteiger partial charge in [-0.3, -0.25) is 4.57 Å². The lowest BCUT2D eigenvalue weighted by atomic mass is 10.8. The van der Waals surface area contributed by atoms with Crippen LogP contribution in [-0.2, 0) is 12.9 Å². The van der Waals surface area contributed by atoms with E-state index in [9.17, 15) is 4.57 Å². The third-order valence-electron chi connectivity index (χ3n) is 0.874. The van der Waals surface area contributed by atoms with Crippen molar-refractivity contribution < 1.29 is 12.9 Å². The van der Waals surface area contributed by atoms with Crippen molar-refractivity contribution in [2.45, 2.75) is 13.8 Å². The molecule has 0 aliphatic heterocycles. The van der Waals surface area contributed by atoms with Crippen LogP contribution in [-0.4, -0.2) is 19.0 Å². The molecule has 84 valence electrons. The first-order chi connectivity index (χ1) is 6.68. The van der Waals surface area contributed by atoms with E-state index in [0.29, 0.717) is 19.0 Å². The lowest BCUT2D eigenvalue weighted by Crippen LogP contribution is -1.80. The summed E-state index contributed by atoms with van der Waals surface area (Å²) in [5.41, 5.74) is 0. The zero-order valence-electron chi connectivity index (χ0n) is 8.30. The topological polar surface area (TPSA) is 35.5 Å². The van der Waals surface area contributed by atoms with Crippen LogP contribution in [0.25, 0.3) is 0 Å². The van der Waals surface area contributed by atoms with E-state index >= 15 is 0 Å². The number of hydrogen-bond donors (Lipinski definition) is 0. The Hall–Kier alpha value is 0.940. The minimum Gasteiger partial charge on any atom is -0.307 e. The maximum atomic E-state index is 12.1. The summed E-state index contributed by atoms with van der Waals surface area (Å²) in [6.45, 7) is 8.38. The van der Waals surface area contributed by atoms with Gasteiger partial charge in [0.25, 0.3) is 4.75 Å². The zero-order valence-corrected chi connectivity index (χ0v) is 11.6. The fraction of sp³-hybridized carbons (Fsp3) is 0.714. The molecule has 0 aromatic carbocycles. The van der Waals surface area contributed by atoms with Crippen LogP contribution in [0.1, 0.15) is 13.8 Å². The Kier molecular flexibility index (Phi) is 9.80. The fourth-order valence-electron chi connectivity index (χ4n) is 0.434. The zero-order chi connectivity index (χ0) is 10.9. The molecule has 3 nitrogen and oxygen atoms in total. The van der Waals surface area contributed by atoms with Gasteiger partial charge in [0, 0.05) is 5.75 Å². The molecule has 0 spiro atoms. The molecule has 0 unspecified atom stereocenters. The molecule has 0 aromatic heterocycles. The van der Waals surface area contributed by atoms with Gasteiger partial charge in [-0.2, -0.15) is 0 Å². The van der Waals surface area contributed by atoms with Crippen LogP contribution in [0, 0.1) is 0 Å². The van der Waals surface area contributed by atoms with Crippen molar-refractivity contribution in [3.8, 4) is 0 Å². The minimum absolute atomic E-state index is 0.538. The fourth-order valence-corrected chi connectivity index (χ4v) is 7.55. The van der Waals surface area contributed by atoms with Crippen LogP contribution in [0.3, 0.4) is 0 Å². The maximum absolute atomic E-state index is 12.1. The van der Waals surface area contributed by atoms with Crippen LogP contribution in [0.2, 0.25) is 0 Å². The van der Waals surface area contributed by atoms with Crippen LogP contribution < -0.4 is 0 Å². The summed E-state index contributed by atoms with van der Waals surface area (Å²) in [7, 11) is 0. The van der Waals surface area contributed by atoms with E-state index in [2.05, 4.69) is 6.58 Å². The minimum atomic E-state index is -2.53. The summed E-state index contributed by atoms with van der Waals surface area (Å²) in [6.07, 6.45) is 1.72. The standard InChI is InChI=1S/C7H15O3PS3/c1-4-7-12-11(8,13-9-5-2)14-10-6-3/h4H,1,5-7H2,2-3H3. The molecule has 0 fully saturated rings.